The number of rotatable bonds is 1. The summed E-state index contributed by atoms with van der Waals surface area (Å²) in [4.78, 5) is 0. The molecule has 0 aliphatic rings. The lowest BCUT2D eigenvalue weighted by Crippen LogP contribution is -1.98. The lowest BCUT2D eigenvalue weighted by Gasteiger charge is -2.15. The first-order valence-electron chi connectivity index (χ1n) is 5.12. The monoisotopic (exact) mass is 652 g/mol. The zero-order valence-corrected chi connectivity index (χ0v) is 19.1. The lowest BCUT2D eigenvalue weighted by atomic mass is 10.0. The van der Waals surface area contributed by atoms with E-state index in [2.05, 4.69) is 95.6 Å². The van der Waals surface area contributed by atoms with Crippen LogP contribution in [0.2, 0.25) is 0 Å². The minimum atomic E-state index is 0.618. The van der Waals surface area contributed by atoms with E-state index in [1.54, 1.807) is 0 Å². The molecule has 0 saturated carbocycles. The van der Waals surface area contributed by atoms with Crippen molar-refractivity contribution >= 4 is 107 Å². The van der Waals surface area contributed by atoms with Crippen LogP contribution in [0.25, 0.3) is 11.1 Å². The normalized spacial score (nSPS) is 10.9. The highest BCUT2D eigenvalue weighted by atomic mass is 79.9. The second-order valence-electron chi connectivity index (χ2n) is 3.90. The maximum absolute atomic E-state index is 6.20. The van der Waals surface area contributed by atoms with Crippen molar-refractivity contribution in [2.75, 3.05) is 11.5 Å². The minimum Gasteiger partial charge on any atom is -0.397 e. The number of nitrogens with two attached hydrogens (primary N) is 2. The van der Waals surface area contributed by atoms with Gasteiger partial charge in [-0.1, -0.05) is 0 Å². The SMILES string of the molecule is Nc1c(-c2cc(Br)c(Br)c(Br)c2N)cc(Br)c(Br)c1Br. The van der Waals surface area contributed by atoms with Crippen LogP contribution in [0.3, 0.4) is 0 Å². The molecule has 0 aliphatic carbocycles. The summed E-state index contributed by atoms with van der Waals surface area (Å²) in [5, 5.41) is 0. The molecule has 20 heavy (non-hydrogen) atoms. The molecule has 2 aromatic carbocycles. The fourth-order valence-electron chi connectivity index (χ4n) is 1.66. The summed E-state index contributed by atoms with van der Waals surface area (Å²) in [5.74, 6) is 0. The standard InChI is InChI=1S/C12H6Br6N2/c13-5-1-3(11(19)9(17)7(5)15)4-2-6(14)8(16)10(18)12(4)20/h1-2H,19-20H2. The third-order valence-electron chi connectivity index (χ3n) is 2.69. The second kappa shape index (κ2) is 6.58. The molecule has 0 radical (unpaired) electrons. The Morgan fingerprint density at radius 2 is 0.850 bits per heavy atom. The molecule has 106 valence electrons. The van der Waals surface area contributed by atoms with Crippen LogP contribution >= 0.6 is 95.6 Å². The van der Waals surface area contributed by atoms with Gasteiger partial charge in [0.15, 0.2) is 0 Å². The van der Waals surface area contributed by atoms with Crippen LogP contribution < -0.4 is 11.5 Å². The largest absolute Gasteiger partial charge is 0.397 e. The molecule has 0 fully saturated rings. The predicted molar refractivity (Wildman–Crippen MR) is 107 cm³/mol. The van der Waals surface area contributed by atoms with Crippen LogP contribution in [-0.2, 0) is 0 Å². The Kier molecular flexibility index (Phi) is 5.68. The first kappa shape index (κ1) is 17.3. The average Bonchev–Trinajstić information content (AvgIpc) is 2.42. The van der Waals surface area contributed by atoms with Gasteiger partial charge in [-0.3, -0.25) is 0 Å². The van der Waals surface area contributed by atoms with Gasteiger partial charge in [-0.05, 0) is 108 Å². The van der Waals surface area contributed by atoms with Gasteiger partial charge in [0.05, 0.1) is 20.3 Å². The summed E-state index contributed by atoms with van der Waals surface area (Å²) >= 11 is 20.9. The van der Waals surface area contributed by atoms with E-state index in [-0.39, 0.29) is 0 Å². The van der Waals surface area contributed by atoms with Crippen LogP contribution in [0.5, 0.6) is 0 Å². The molecular weight excluding hydrogens is 652 g/mol. The zero-order chi connectivity index (χ0) is 15.2. The average molecular weight is 658 g/mol. The Labute approximate surface area is 166 Å². The van der Waals surface area contributed by atoms with Crippen molar-refractivity contribution in [3.05, 3.63) is 39.0 Å². The number of benzene rings is 2. The van der Waals surface area contributed by atoms with Gasteiger partial charge >= 0.3 is 0 Å². The fraction of sp³-hybridized carbons (Fsp3) is 0. The molecule has 2 rings (SSSR count). The third kappa shape index (κ3) is 3.01. The zero-order valence-electron chi connectivity index (χ0n) is 9.58. The van der Waals surface area contributed by atoms with Crippen LogP contribution in [-0.4, -0.2) is 0 Å². The van der Waals surface area contributed by atoms with Gasteiger partial charge in [-0.25, -0.2) is 0 Å². The summed E-state index contributed by atoms with van der Waals surface area (Å²) < 4.78 is 5.10. The summed E-state index contributed by atoms with van der Waals surface area (Å²) in [6.07, 6.45) is 0. The number of halogens is 6. The van der Waals surface area contributed by atoms with Gasteiger partial charge in [-0.15, -0.1) is 0 Å². The van der Waals surface area contributed by atoms with E-state index in [1.165, 1.54) is 0 Å². The predicted octanol–water partition coefficient (Wildman–Crippen LogP) is 7.09. The molecule has 0 aromatic heterocycles. The van der Waals surface area contributed by atoms with E-state index in [0.717, 1.165) is 38.0 Å². The number of anilines is 2. The van der Waals surface area contributed by atoms with E-state index in [9.17, 15) is 0 Å². The Balaban J connectivity index is 2.83. The summed E-state index contributed by atoms with van der Waals surface area (Å²) in [7, 11) is 0. The molecule has 4 N–H and O–H groups in total. The molecular formula is C12H6Br6N2. The molecule has 2 aromatic rings. The molecule has 0 atom stereocenters. The molecule has 0 heterocycles. The Morgan fingerprint density at radius 1 is 0.550 bits per heavy atom. The van der Waals surface area contributed by atoms with E-state index in [1.807, 2.05) is 12.1 Å². The molecule has 0 unspecified atom stereocenters. The first-order valence-corrected chi connectivity index (χ1v) is 9.87. The second-order valence-corrected chi connectivity index (χ2v) is 8.78. The lowest BCUT2D eigenvalue weighted by molar-refractivity contribution is 1.48. The smallest absolute Gasteiger partial charge is 0.0564 e. The Hall–Kier alpha value is 0.920. The number of hydrogen-bond donors (Lipinski definition) is 2. The van der Waals surface area contributed by atoms with Crippen LogP contribution in [0.1, 0.15) is 0 Å². The van der Waals surface area contributed by atoms with E-state index >= 15 is 0 Å². The summed E-state index contributed by atoms with van der Waals surface area (Å²) in [5.41, 5.74) is 15.3. The van der Waals surface area contributed by atoms with E-state index < -0.39 is 0 Å². The summed E-state index contributed by atoms with van der Waals surface area (Å²) in [6, 6.07) is 3.87. The maximum Gasteiger partial charge on any atom is 0.0564 e. The van der Waals surface area contributed by atoms with Gasteiger partial charge in [0.2, 0.25) is 0 Å². The highest BCUT2D eigenvalue weighted by molar-refractivity contribution is 9.15. The molecule has 0 amide bonds. The molecule has 0 spiro atoms. The molecule has 2 nitrogen and oxygen atoms in total. The van der Waals surface area contributed by atoms with Crippen molar-refractivity contribution in [1.82, 2.24) is 0 Å². The quantitative estimate of drug-likeness (QED) is 0.254. The van der Waals surface area contributed by atoms with Crippen molar-refractivity contribution in [1.29, 1.82) is 0 Å². The maximum atomic E-state index is 6.20. The van der Waals surface area contributed by atoms with Gasteiger partial charge in [0.25, 0.3) is 0 Å². The van der Waals surface area contributed by atoms with Crippen molar-refractivity contribution < 1.29 is 0 Å². The highest BCUT2D eigenvalue weighted by Gasteiger charge is 2.18. The Bertz CT molecular complexity index is 653. The van der Waals surface area contributed by atoms with Crippen LogP contribution in [0.4, 0.5) is 11.4 Å². The fourth-order valence-corrected chi connectivity index (χ4v) is 4.56. The van der Waals surface area contributed by atoms with Gasteiger partial charge in [0, 0.05) is 29.0 Å². The molecule has 8 heteroatoms. The van der Waals surface area contributed by atoms with Gasteiger partial charge in [0.1, 0.15) is 0 Å². The minimum absolute atomic E-state index is 0.618. The third-order valence-corrected chi connectivity index (χ3v) is 9.36. The van der Waals surface area contributed by atoms with Gasteiger partial charge < -0.3 is 11.5 Å². The van der Waals surface area contributed by atoms with E-state index in [4.69, 9.17) is 11.5 Å². The van der Waals surface area contributed by atoms with Crippen molar-refractivity contribution in [2.24, 2.45) is 0 Å². The number of hydrogen-bond acceptors (Lipinski definition) is 2. The van der Waals surface area contributed by atoms with Crippen LogP contribution in [0, 0.1) is 0 Å². The molecule has 0 saturated heterocycles. The van der Waals surface area contributed by atoms with Crippen molar-refractivity contribution in [3.63, 3.8) is 0 Å². The molecule has 0 aliphatic heterocycles. The van der Waals surface area contributed by atoms with E-state index in [0.29, 0.717) is 11.4 Å². The van der Waals surface area contributed by atoms with Crippen molar-refractivity contribution in [2.45, 2.75) is 0 Å². The van der Waals surface area contributed by atoms with Crippen molar-refractivity contribution in [3.8, 4) is 11.1 Å². The first-order chi connectivity index (χ1) is 9.25. The topological polar surface area (TPSA) is 52.0 Å². The van der Waals surface area contributed by atoms with Gasteiger partial charge in [-0.2, -0.15) is 0 Å². The Morgan fingerprint density at radius 3 is 1.15 bits per heavy atom. The summed E-state index contributed by atoms with van der Waals surface area (Å²) in [6.45, 7) is 0. The number of nitrogen functional groups attached to an aromatic ring is 2. The molecule has 0 bridgehead atoms. The van der Waals surface area contributed by atoms with Crippen LogP contribution in [0.15, 0.2) is 39.0 Å². The highest BCUT2D eigenvalue weighted by Crippen LogP contribution is 2.47.